The number of carbonyl (C=O) groups is 1. The molecule has 0 radical (unpaired) electrons. The maximum absolute atomic E-state index is 12.6. The molecular weight excluding hydrogens is 372 g/mol. The summed E-state index contributed by atoms with van der Waals surface area (Å²) in [6.45, 7) is 4.09. The fraction of sp³-hybridized carbons (Fsp3) is 0.222. The van der Waals surface area contributed by atoms with Crippen LogP contribution in [0.25, 0.3) is 6.08 Å². The fourth-order valence-corrected chi connectivity index (χ4v) is 4.63. The summed E-state index contributed by atoms with van der Waals surface area (Å²) in [4.78, 5) is 14.3. The molecule has 1 amide bonds. The molecule has 6 nitrogen and oxygen atoms in total. The molecule has 26 heavy (non-hydrogen) atoms. The standard InChI is InChI=1S/C18H18N2O4S2/c1-3-13-7-9-15(10-8-13)26(22,23)19-18-20(4-2)17(21)16(25-18)12-14-6-5-11-24-14/h5-12H,3-4H2,1-2H3/b16-12-,19-18+. The third-order valence-electron chi connectivity index (χ3n) is 3.85. The van der Waals surface area contributed by atoms with Gasteiger partial charge in [-0.15, -0.1) is 4.40 Å². The highest BCUT2D eigenvalue weighted by molar-refractivity contribution is 8.19. The highest BCUT2D eigenvalue weighted by Gasteiger charge is 2.34. The molecule has 1 aromatic carbocycles. The summed E-state index contributed by atoms with van der Waals surface area (Å²) in [6.07, 6.45) is 3.91. The number of aryl methyl sites for hydroxylation is 1. The average molecular weight is 390 g/mol. The molecule has 1 aliphatic rings. The molecule has 1 aliphatic heterocycles. The third-order valence-corrected chi connectivity index (χ3v) is 6.25. The van der Waals surface area contributed by atoms with Crippen molar-refractivity contribution in [3.8, 4) is 0 Å². The van der Waals surface area contributed by atoms with E-state index in [9.17, 15) is 13.2 Å². The molecule has 0 unspecified atom stereocenters. The summed E-state index contributed by atoms with van der Waals surface area (Å²) in [6, 6.07) is 10.0. The van der Waals surface area contributed by atoms with E-state index in [-0.39, 0.29) is 16.0 Å². The predicted molar refractivity (Wildman–Crippen MR) is 102 cm³/mol. The summed E-state index contributed by atoms with van der Waals surface area (Å²) in [7, 11) is -3.90. The summed E-state index contributed by atoms with van der Waals surface area (Å²) in [5.74, 6) is 0.236. The normalized spacial score (nSPS) is 18.2. The molecule has 0 N–H and O–H groups in total. The van der Waals surface area contributed by atoms with Gasteiger partial charge in [0.2, 0.25) is 0 Å². The summed E-state index contributed by atoms with van der Waals surface area (Å²) >= 11 is 1.03. The van der Waals surface area contributed by atoms with Crippen LogP contribution in [0.1, 0.15) is 25.2 Å². The van der Waals surface area contributed by atoms with Gasteiger partial charge in [-0.2, -0.15) is 8.42 Å². The predicted octanol–water partition coefficient (Wildman–Crippen LogP) is 3.52. The Labute approximate surface area is 156 Å². The van der Waals surface area contributed by atoms with Gasteiger partial charge in [-0.05, 0) is 54.9 Å². The van der Waals surface area contributed by atoms with E-state index in [0.29, 0.717) is 17.2 Å². The summed E-state index contributed by atoms with van der Waals surface area (Å²) in [5, 5.41) is 0.148. The van der Waals surface area contributed by atoms with E-state index < -0.39 is 10.0 Å². The molecule has 0 saturated carbocycles. The van der Waals surface area contributed by atoms with Crippen LogP contribution in [-0.2, 0) is 21.2 Å². The molecule has 1 aromatic heterocycles. The molecule has 1 saturated heterocycles. The van der Waals surface area contributed by atoms with Crippen LogP contribution in [0.5, 0.6) is 0 Å². The number of nitrogens with zero attached hydrogens (tertiary/aromatic N) is 2. The van der Waals surface area contributed by atoms with Crippen LogP contribution in [0.2, 0.25) is 0 Å². The Hall–Kier alpha value is -2.32. The van der Waals surface area contributed by atoms with E-state index in [1.54, 1.807) is 37.3 Å². The first-order valence-electron chi connectivity index (χ1n) is 8.13. The molecule has 0 atom stereocenters. The molecule has 0 spiro atoms. The van der Waals surface area contributed by atoms with Gasteiger partial charge in [0.1, 0.15) is 5.76 Å². The molecule has 2 aromatic rings. The van der Waals surface area contributed by atoms with Gasteiger partial charge in [0.25, 0.3) is 15.9 Å². The van der Waals surface area contributed by atoms with Crippen molar-refractivity contribution in [2.24, 2.45) is 4.40 Å². The van der Waals surface area contributed by atoms with Crippen LogP contribution in [0, 0.1) is 0 Å². The van der Waals surface area contributed by atoms with Crippen LogP contribution < -0.4 is 0 Å². The second-order valence-electron chi connectivity index (χ2n) is 5.52. The maximum Gasteiger partial charge on any atom is 0.284 e. The number of likely N-dealkylation sites (N-methyl/N-ethyl adjacent to an activating group) is 1. The minimum absolute atomic E-state index is 0.106. The average Bonchev–Trinajstić information content (AvgIpc) is 3.23. The Bertz CT molecular complexity index is 959. The minimum atomic E-state index is -3.90. The second kappa shape index (κ2) is 7.51. The highest BCUT2D eigenvalue weighted by Crippen LogP contribution is 2.33. The number of amides is 1. The van der Waals surface area contributed by atoms with E-state index >= 15 is 0 Å². The van der Waals surface area contributed by atoms with Gasteiger partial charge in [-0.1, -0.05) is 19.1 Å². The van der Waals surface area contributed by atoms with Crippen LogP contribution in [-0.4, -0.2) is 30.9 Å². The first-order chi connectivity index (χ1) is 12.4. The van der Waals surface area contributed by atoms with Crippen molar-refractivity contribution < 1.29 is 17.6 Å². The largest absolute Gasteiger partial charge is 0.465 e. The number of benzene rings is 1. The fourth-order valence-electron chi connectivity index (χ4n) is 2.41. The summed E-state index contributed by atoms with van der Waals surface area (Å²) in [5.41, 5.74) is 1.04. The molecule has 0 aliphatic carbocycles. The van der Waals surface area contributed by atoms with Crippen molar-refractivity contribution in [2.45, 2.75) is 25.2 Å². The molecule has 3 rings (SSSR count). The Kier molecular flexibility index (Phi) is 5.33. The van der Waals surface area contributed by atoms with Crippen molar-refractivity contribution in [3.05, 3.63) is 58.9 Å². The number of amidine groups is 1. The SMILES string of the molecule is CCc1ccc(S(=O)(=O)/N=C2/S/C(=C\c3ccco3)C(=O)N2CC)cc1. The van der Waals surface area contributed by atoms with E-state index in [1.165, 1.54) is 23.3 Å². The van der Waals surface area contributed by atoms with Gasteiger partial charge in [0.15, 0.2) is 5.17 Å². The zero-order valence-electron chi connectivity index (χ0n) is 14.4. The zero-order chi connectivity index (χ0) is 18.7. The van der Waals surface area contributed by atoms with E-state index in [2.05, 4.69) is 4.40 Å². The van der Waals surface area contributed by atoms with Crippen molar-refractivity contribution in [1.29, 1.82) is 0 Å². The van der Waals surface area contributed by atoms with Crippen molar-refractivity contribution in [1.82, 2.24) is 4.90 Å². The Morgan fingerprint density at radius 3 is 2.50 bits per heavy atom. The number of hydrogen-bond donors (Lipinski definition) is 0. The van der Waals surface area contributed by atoms with Gasteiger partial charge in [-0.25, -0.2) is 0 Å². The number of hydrogen-bond acceptors (Lipinski definition) is 5. The molecule has 2 heterocycles. The maximum atomic E-state index is 12.6. The van der Waals surface area contributed by atoms with E-state index in [4.69, 9.17) is 4.42 Å². The minimum Gasteiger partial charge on any atom is -0.465 e. The van der Waals surface area contributed by atoms with E-state index in [1.807, 2.05) is 6.92 Å². The number of carbonyl (C=O) groups excluding carboxylic acids is 1. The van der Waals surface area contributed by atoms with Crippen LogP contribution in [0.15, 0.2) is 61.3 Å². The molecule has 136 valence electrons. The van der Waals surface area contributed by atoms with Crippen LogP contribution in [0.4, 0.5) is 0 Å². The number of sulfonamides is 1. The lowest BCUT2D eigenvalue weighted by atomic mass is 10.2. The molecule has 0 bridgehead atoms. The monoisotopic (exact) mass is 390 g/mol. The Morgan fingerprint density at radius 1 is 1.19 bits per heavy atom. The molecule has 1 fully saturated rings. The topological polar surface area (TPSA) is 80.0 Å². The van der Waals surface area contributed by atoms with Gasteiger partial charge in [0.05, 0.1) is 16.1 Å². The van der Waals surface area contributed by atoms with Crippen LogP contribution in [0.3, 0.4) is 0 Å². The second-order valence-corrected chi connectivity index (χ2v) is 8.14. The van der Waals surface area contributed by atoms with Crippen molar-refractivity contribution >= 4 is 38.9 Å². The Morgan fingerprint density at radius 2 is 1.92 bits per heavy atom. The molecular formula is C18H18N2O4S2. The third kappa shape index (κ3) is 3.76. The first-order valence-corrected chi connectivity index (χ1v) is 10.4. The van der Waals surface area contributed by atoms with Crippen molar-refractivity contribution in [3.63, 3.8) is 0 Å². The quantitative estimate of drug-likeness (QED) is 0.730. The van der Waals surface area contributed by atoms with Gasteiger partial charge in [-0.3, -0.25) is 9.69 Å². The lowest BCUT2D eigenvalue weighted by Gasteiger charge is -2.12. The smallest absolute Gasteiger partial charge is 0.284 e. The lowest BCUT2D eigenvalue weighted by Crippen LogP contribution is -2.29. The van der Waals surface area contributed by atoms with Gasteiger partial charge in [0, 0.05) is 12.6 Å². The van der Waals surface area contributed by atoms with Crippen LogP contribution >= 0.6 is 11.8 Å². The van der Waals surface area contributed by atoms with E-state index in [0.717, 1.165) is 23.7 Å². The summed E-state index contributed by atoms with van der Waals surface area (Å²) < 4.78 is 34.3. The Balaban J connectivity index is 1.94. The lowest BCUT2D eigenvalue weighted by molar-refractivity contribution is -0.122. The van der Waals surface area contributed by atoms with Crippen molar-refractivity contribution in [2.75, 3.05) is 6.54 Å². The number of furan rings is 1. The first kappa shape index (κ1) is 18.5. The number of thioether (sulfide) groups is 1. The zero-order valence-corrected chi connectivity index (χ0v) is 16.0. The van der Waals surface area contributed by atoms with Gasteiger partial charge >= 0.3 is 0 Å². The van der Waals surface area contributed by atoms with Gasteiger partial charge < -0.3 is 4.42 Å². The number of rotatable bonds is 5. The highest BCUT2D eigenvalue weighted by atomic mass is 32.2. The molecule has 8 heteroatoms.